The maximum Gasteiger partial charge on any atom is 0.124 e. The molecule has 3 nitrogen and oxygen atoms in total. The molecule has 0 radical (unpaired) electrons. The Morgan fingerprint density at radius 3 is 2.74 bits per heavy atom. The average molecular weight is 353 g/mol. The van der Waals surface area contributed by atoms with Gasteiger partial charge in [-0.1, -0.05) is 6.42 Å². The van der Waals surface area contributed by atoms with Crippen LogP contribution in [0.2, 0.25) is 0 Å². The summed E-state index contributed by atoms with van der Waals surface area (Å²) in [6, 6.07) is 5.06. The van der Waals surface area contributed by atoms with Gasteiger partial charge in [-0.2, -0.15) is 0 Å². The molecule has 124 valence electrons. The summed E-state index contributed by atoms with van der Waals surface area (Å²) >= 11 is 1.71. The maximum absolute atomic E-state index is 13.6. The van der Waals surface area contributed by atoms with Crippen LogP contribution in [-0.4, -0.2) is 34.1 Å². The Hall–Kier alpha value is -1.17. The zero-order valence-corrected chi connectivity index (χ0v) is 14.8. The Bertz CT molecular complexity index is 820. The summed E-state index contributed by atoms with van der Waals surface area (Å²) in [5, 5.41) is 1.99. The van der Waals surface area contributed by atoms with E-state index in [-0.39, 0.29) is 18.2 Å². The van der Waals surface area contributed by atoms with E-state index in [2.05, 4.69) is 14.5 Å². The number of thiazole rings is 1. The van der Waals surface area contributed by atoms with E-state index in [0.717, 1.165) is 34.5 Å². The van der Waals surface area contributed by atoms with E-state index in [1.165, 1.54) is 37.2 Å². The molecule has 1 aliphatic rings. The van der Waals surface area contributed by atoms with Crippen molar-refractivity contribution in [3.63, 3.8) is 0 Å². The lowest BCUT2D eigenvalue weighted by Gasteiger charge is -2.26. The number of aromatic nitrogens is 2. The smallest absolute Gasteiger partial charge is 0.124 e. The van der Waals surface area contributed by atoms with Crippen LogP contribution in [0, 0.1) is 12.7 Å². The Balaban J connectivity index is 0.00000156. The fraction of sp³-hybridized carbons (Fsp3) is 0.471. The number of hydrogen-bond acceptors (Lipinski definition) is 3. The average Bonchev–Trinajstić information content (AvgIpc) is 3.02. The first kappa shape index (κ1) is 16.7. The summed E-state index contributed by atoms with van der Waals surface area (Å²) in [5.74, 6) is -0.187. The SMILES string of the molecule is Cc1nc2c3cc(F)ccc3n(CCN3CCCCC3)c2s1.[Cl-]. The third-order valence-corrected chi connectivity index (χ3v) is 5.55. The Labute approximate surface area is 145 Å². The number of halogens is 2. The van der Waals surface area contributed by atoms with Crippen LogP contribution in [0.1, 0.15) is 24.3 Å². The van der Waals surface area contributed by atoms with Crippen LogP contribution in [0.4, 0.5) is 4.39 Å². The van der Waals surface area contributed by atoms with Gasteiger partial charge in [-0.15, -0.1) is 11.3 Å². The minimum absolute atomic E-state index is 0. The minimum Gasteiger partial charge on any atom is -1.00 e. The van der Waals surface area contributed by atoms with Crippen molar-refractivity contribution >= 4 is 32.6 Å². The van der Waals surface area contributed by atoms with E-state index in [4.69, 9.17) is 0 Å². The lowest BCUT2D eigenvalue weighted by molar-refractivity contribution is -0.00000509. The number of aryl methyl sites for hydroxylation is 1. The first-order chi connectivity index (χ1) is 10.7. The third kappa shape index (κ3) is 3.10. The van der Waals surface area contributed by atoms with Gasteiger partial charge in [0.15, 0.2) is 0 Å². The van der Waals surface area contributed by atoms with Crippen LogP contribution >= 0.6 is 11.3 Å². The molecule has 23 heavy (non-hydrogen) atoms. The Morgan fingerprint density at radius 2 is 1.96 bits per heavy atom. The lowest BCUT2D eigenvalue weighted by Crippen LogP contribution is -3.00. The molecule has 0 aliphatic carbocycles. The highest BCUT2D eigenvalue weighted by atomic mass is 35.5. The lowest BCUT2D eigenvalue weighted by atomic mass is 10.1. The summed E-state index contributed by atoms with van der Waals surface area (Å²) in [6.45, 7) is 6.45. The monoisotopic (exact) mass is 352 g/mol. The number of hydrogen-bond donors (Lipinski definition) is 0. The topological polar surface area (TPSA) is 21.1 Å². The molecular weight excluding hydrogens is 333 g/mol. The fourth-order valence-electron chi connectivity index (χ4n) is 3.46. The predicted octanol–water partition coefficient (Wildman–Crippen LogP) is 1.19. The molecule has 0 N–H and O–H groups in total. The fourth-order valence-corrected chi connectivity index (χ4v) is 4.43. The molecule has 1 saturated heterocycles. The van der Waals surface area contributed by atoms with Gasteiger partial charge in [-0.05, 0) is 51.1 Å². The second-order valence-electron chi connectivity index (χ2n) is 6.10. The van der Waals surface area contributed by atoms with Crippen molar-refractivity contribution in [2.75, 3.05) is 19.6 Å². The van der Waals surface area contributed by atoms with Crippen molar-refractivity contribution in [1.29, 1.82) is 0 Å². The van der Waals surface area contributed by atoms with Crippen LogP contribution in [0.25, 0.3) is 21.3 Å². The van der Waals surface area contributed by atoms with Gasteiger partial charge in [0.1, 0.15) is 16.2 Å². The van der Waals surface area contributed by atoms with Gasteiger partial charge in [-0.3, -0.25) is 0 Å². The Kier molecular flexibility index (Phi) is 4.90. The summed E-state index contributed by atoms with van der Waals surface area (Å²) in [6.07, 6.45) is 3.99. The predicted molar refractivity (Wildman–Crippen MR) is 90.1 cm³/mol. The van der Waals surface area contributed by atoms with E-state index in [1.54, 1.807) is 23.5 Å². The molecule has 2 aromatic heterocycles. The van der Waals surface area contributed by atoms with Crippen LogP contribution in [0.15, 0.2) is 18.2 Å². The van der Waals surface area contributed by atoms with E-state index in [9.17, 15) is 4.39 Å². The summed E-state index contributed by atoms with van der Waals surface area (Å²) in [7, 11) is 0. The van der Waals surface area contributed by atoms with Crippen LogP contribution in [0.3, 0.4) is 0 Å². The standard InChI is InChI=1S/C17H20FN3S.ClH/c1-12-19-16-14-11-13(18)5-6-15(14)21(17(16)22-12)10-9-20-7-3-2-4-8-20;/h5-6,11H,2-4,7-10H2,1H3;1H/p-1. The van der Waals surface area contributed by atoms with Gasteiger partial charge in [0, 0.05) is 18.5 Å². The van der Waals surface area contributed by atoms with Gasteiger partial charge >= 0.3 is 0 Å². The number of rotatable bonds is 3. The van der Waals surface area contributed by atoms with Gasteiger partial charge in [0.25, 0.3) is 0 Å². The molecule has 6 heteroatoms. The van der Waals surface area contributed by atoms with Crippen LogP contribution in [-0.2, 0) is 6.54 Å². The first-order valence-electron chi connectivity index (χ1n) is 7.99. The number of benzene rings is 1. The van der Waals surface area contributed by atoms with E-state index in [1.807, 2.05) is 13.0 Å². The zero-order chi connectivity index (χ0) is 15.1. The normalized spacial score (nSPS) is 16.1. The quantitative estimate of drug-likeness (QED) is 0.706. The highest BCUT2D eigenvalue weighted by Crippen LogP contribution is 2.33. The van der Waals surface area contributed by atoms with Crippen molar-refractivity contribution in [1.82, 2.24) is 14.5 Å². The van der Waals surface area contributed by atoms with Gasteiger partial charge in [0.2, 0.25) is 0 Å². The molecule has 1 fully saturated rings. The molecule has 0 atom stereocenters. The molecule has 3 heterocycles. The summed E-state index contributed by atoms with van der Waals surface area (Å²) < 4.78 is 15.9. The zero-order valence-electron chi connectivity index (χ0n) is 13.2. The molecule has 0 amide bonds. The van der Waals surface area contributed by atoms with Crippen LogP contribution < -0.4 is 12.4 Å². The van der Waals surface area contributed by atoms with Crippen molar-refractivity contribution in [2.24, 2.45) is 0 Å². The second kappa shape index (κ2) is 6.75. The number of fused-ring (bicyclic) bond motifs is 3. The number of likely N-dealkylation sites (tertiary alicyclic amines) is 1. The molecule has 4 rings (SSSR count). The van der Waals surface area contributed by atoms with Crippen molar-refractivity contribution in [3.8, 4) is 0 Å². The number of piperidine rings is 1. The molecule has 0 unspecified atom stereocenters. The molecule has 3 aromatic rings. The van der Waals surface area contributed by atoms with E-state index in [0.29, 0.717) is 0 Å². The molecule has 0 bridgehead atoms. The van der Waals surface area contributed by atoms with Crippen molar-refractivity contribution in [3.05, 3.63) is 29.0 Å². The molecule has 1 aromatic carbocycles. The second-order valence-corrected chi connectivity index (χ2v) is 7.28. The summed E-state index contributed by atoms with van der Waals surface area (Å²) in [5.41, 5.74) is 2.06. The van der Waals surface area contributed by atoms with E-state index >= 15 is 0 Å². The van der Waals surface area contributed by atoms with Gasteiger partial charge in [0.05, 0.1) is 10.5 Å². The first-order valence-corrected chi connectivity index (χ1v) is 8.81. The molecule has 0 saturated carbocycles. The number of nitrogens with zero attached hydrogens (tertiary/aromatic N) is 3. The molecule has 0 spiro atoms. The molecular formula is C17H20ClFN3S-. The van der Waals surface area contributed by atoms with Crippen LogP contribution in [0.5, 0.6) is 0 Å². The van der Waals surface area contributed by atoms with Crippen molar-refractivity contribution < 1.29 is 16.8 Å². The van der Waals surface area contributed by atoms with Gasteiger partial charge in [-0.25, -0.2) is 9.37 Å². The van der Waals surface area contributed by atoms with Crippen molar-refractivity contribution in [2.45, 2.75) is 32.7 Å². The largest absolute Gasteiger partial charge is 1.00 e. The maximum atomic E-state index is 13.6. The highest BCUT2D eigenvalue weighted by molar-refractivity contribution is 7.18. The summed E-state index contributed by atoms with van der Waals surface area (Å²) in [4.78, 5) is 8.33. The van der Waals surface area contributed by atoms with E-state index < -0.39 is 0 Å². The Morgan fingerprint density at radius 1 is 1.17 bits per heavy atom. The highest BCUT2D eigenvalue weighted by Gasteiger charge is 2.16. The molecule has 1 aliphatic heterocycles. The van der Waals surface area contributed by atoms with Gasteiger partial charge < -0.3 is 21.9 Å². The minimum atomic E-state index is -0.187. The third-order valence-electron chi connectivity index (χ3n) is 4.55.